The third kappa shape index (κ3) is 4.46. The third-order valence-corrected chi connectivity index (χ3v) is 5.84. The summed E-state index contributed by atoms with van der Waals surface area (Å²) in [6.07, 6.45) is -1.24. The molecule has 7 heteroatoms. The zero-order chi connectivity index (χ0) is 19.4. The zero-order valence-electron chi connectivity index (χ0n) is 15.0. The van der Waals surface area contributed by atoms with Gasteiger partial charge in [-0.3, -0.25) is 4.79 Å². The summed E-state index contributed by atoms with van der Waals surface area (Å²) in [5.74, 6) is 0.391. The lowest BCUT2D eigenvalue weighted by atomic mass is 9.93. The molecule has 3 nitrogen and oxygen atoms in total. The topological polar surface area (TPSA) is 33.2 Å². The van der Waals surface area contributed by atoms with Gasteiger partial charge in [-0.2, -0.15) is 13.2 Å². The van der Waals surface area contributed by atoms with Gasteiger partial charge in [0.2, 0.25) is 0 Å². The molecule has 1 aliphatic rings. The molecule has 0 N–H and O–H groups in total. The molecule has 1 amide bonds. The van der Waals surface area contributed by atoms with Crippen LogP contribution < -0.4 is 0 Å². The predicted octanol–water partition coefficient (Wildman–Crippen LogP) is 5.23. The Morgan fingerprint density at radius 2 is 2.04 bits per heavy atom. The van der Waals surface area contributed by atoms with Crippen LogP contribution in [0.3, 0.4) is 0 Å². The molecule has 1 fully saturated rings. The highest BCUT2D eigenvalue weighted by Crippen LogP contribution is 2.38. The molecule has 1 aliphatic heterocycles. The fraction of sp³-hybridized carbons (Fsp3) is 0.400. The molecule has 1 unspecified atom stereocenters. The van der Waals surface area contributed by atoms with Gasteiger partial charge in [0.15, 0.2) is 0 Å². The number of rotatable bonds is 5. The number of likely N-dealkylation sites (tertiary alicyclic amines) is 1. The van der Waals surface area contributed by atoms with Crippen molar-refractivity contribution in [3.8, 4) is 0 Å². The Morgan fingerprint density at radius 1 is 1.26 bits per heavy atom. The molecule has 0 saturated carbocycles. The largest absolute Gasteiger partial charge is 0.416 e. The van der Waals surface area contributed by atoms with Gasteiger partial charge in [-0.15, -0.1) is 11.8 Å². The summed E-state index contributed by atoms with van der Waals surface area (Å²) in [4.78, 5) is 18.9. The van der Waals surface area contributed by atoms with Crippen molar-refractivity contribution in [3.05, 3.63) is 59.3 Å². The average Bonchev–Trinajstić information content (AvgIpc) is 3.15. The summed E-state index contributed by atoms with van der Waals surface area (Å²) in [5.41, 5.74) is 0.192. The van der Waals surface area contributed by atoms with Gasteiger partial charge in [0.25, 0.3) is 5.91 Å². The number of hydrogen-bond acceptors (Lipinski definition) is 3. The lowest BCUT2D eigenvalue weighted by Crippen LogP contribution is -2.29. The van der Waals surface area contributed by atoms with Crippen LogP contribution in [0.1, 0.15) is 47.2 Å². The Bertz CT molecular complexity index is 810. The van der Waals surface area contributed by atoms with Crippen molar-refractivity contribution < 1.29 is 18.0 Å². The molecular formula is C20H21F3N2OS. The van der Waals surface area contributed by atoms with Gasteiger partial charge in [-0.1, -0.05) is 25.1 Å². The van der Waals surface area contributed by atoms with E-state index in [0.29, 0.717) is 30.1 Å². The first-order valence-electron chi connectivity index (χ1n) is 8.95. The minimum Gasteiger partial charge on any atom is -0.338 e. The van der Waals surface area contributed by atoms with Crippen molar-refractivity contribution in [3.63, 3.8) is 0 Å². The van der Waals surface area contributed by atoms with Crippen LogP contribution in [0.4, 0.5) is 13.2 Å². The van der Waals surface area contributed by atoms with Crippen molar-refractivity contribution in [2.24, 2.45) is 0 Å². The number of carbonyl (C=O) groups excluding carboxylic acids is 1. The van der Waals surface area contributed by atoms with Crippen LogP contribution in [-0.2, 0) is 6.18 Å². The molecule has 0 radical (unpaired) electrons. The number of halogens is 3. The standard InChI is InChI=1S/C20H21F3N2OS/c1-2-12-27-18-16(7-5-10-24-18)19(26)25-11-9-14(13-25)15-6-3-4-8-17(15)20(21,22)23/h3-8,10,14H,2,9,11-13H2,1H3. The second kappa shape index (κ2) is 8.33. The molecule has 27 heavy (non-hydrogen) atoms. The zero-order valence-corrected chi connectivity index (χ0v) is 15.8. The quantitative estimate of drug-likeness (QED) is 0.651. The third-order valence-electron chi connectivity index (χ3n) is 4.63. The van der Waals surface area contributed by atoms with Crippen LogP contribution in [0, 0.1) is 0 Å². The first-order chi connectivity index (χ1) is 12.9. The minimum atomic E-state index is -4.39. The number of amides is 1. The van der Waals surface area contributed by atoms with Crippen LogP contribution in [0.15, 0.2) is 47.6 Å². The Kier molecular flexibility index (Phi) is 6.09. The van der Waals surface area contributed by atoms with Crippen LogP contribution >= 0.6 is 11.8 Å². The predicted molar refractivity (Wildman–Crippen MR) is 100.0 cm³/mol. The number of thioether (sulfide) groups is 1. The first kappa shape index (κ1) is 19.7. The van der Waals surface area contributed by atoms with Crippen LogP contribution in [0.2, 0.25) is 0 Å². The summed E-state index contributed by atoms with van der Waals surface area (Å²) < 4.78 is 39.9. The number of hydrogen-bond donors (Lipinski definition) is 0. The van der Waals surface area contributed by atoms with Crippen molar-refractivity contribution in [2.45, 2.75) is 36.9 Å². The number of nitrogens with zero attached hydrogens (tertiary/aromatic N) is 2. The molecule has 3 rings (SSSR count). The number of carbonyl (C=O) groups is 1. The van der Waals surface area contributed by atoms with E-state index in [1.54, 1.807) is 29.3 Å². The summed E-state index contributed by atoms with van der Waals surface area (Å²) in [7, 11) is 0. The maximum atomic E-state index is 13.3. The van der Waals surface area contributed by atoms with Gasteiger partial charge in [-0.05, 0) is 42.4 Å². The number of benzene rings is 1. The lowest BCUT2D eigenvalue weighted by molar-refractivity contribution is -0.138. The number of pyridine rings is 1. The molecule has 2 aromatic rings. The van der Waals surface area contributed by atoms with E-state index >= 15 is 0 Å². The van der Waals surface area contributed by atoms with E-state index in [0.717, 1.165) is 18.2 Å². The van der Waals surface area contributed by atoms with Gasteiger partial charge in [0, 0.05) is 25.2 Å². The van der Waals surface area contributed by atoms with Crippen LogP contribution in [0.5, 0.6) is 0 Å². The lowest BCUT2D eigenvalue weighted by Gasteiger charge is -2.20. The van der Waals surface area contributed by atoms with Gasteiger partial charge in [0.1, 0.15) is 5.03 Å². The van der Waals surface area contributed by atoms with Gasteiger partial charge < -0.3 is 4.90 Å². The van der Waals surface area contributed by atoms with E-state index in [9.17, 15) is 18.0 Å². The fourth-order valence-corrected chi connectivity index (χ4v) is 4.19. The molecule has 0 aliphatic carbocycles. The number of alkyl halides is 3. The maximum Gasteiger partial charge on any atom is 0.416 e. The van der Waals surface area contributed by atoms with Gasteiger partial charge in [0.05, 0.1) is 11.1 Å². The Labute approximate surface area is 161 Å². The van der Waals surface area contributed by atoms with Crippen molar-refractivity contribution in [1.29, 1.82) is 0 Å². The molecule has 0 spiro atoms. The van der Waals surface area contributed by atoms with E-state index in [-0.39, 0.29) is 17.4 Å². The van der Waals surface area contributed by atoms with Crippen LogP contribution in [0.25, 0.3) is 0 Å². The van der Waals surface area contributed by atoms with E-state index in [1.807, 2.05) is 0 Å². The van der Waals surface area contributed by atoms with Gasteiger partial charge in [-0.25, -0.2) is 4.98 Å². The Hall–Kier alpha value is -2.02. The SMILES string of the molecule is CCCSc1ncccc1C(=O)N1CCC(c2ccccc2C(F)(F)F)C1. The van der Waals surface area contributed by atoms with E-state index in [1.165, 1.54) is 23.9 Å². The smallest absolute Gasteiger partial charge is 0.338 e. The molecule has 1 saturated heterocycles. The Morgan fingerprint density at radius 3 is 2.78 bits per heavy atom. The Balaban J connectivity index is 1.79. The van der Waals surface area contributed by atoms with Crippen molar-refractivity contribution in [1.82, 2.24) is 9.88 Å². The summed E-state index contributed by atoms with van der Waals surface area (Å²) >= 11 is 1.53. The minimum absolute atomic E-state index is 0.159. The highest BCUT2D eigenvalue weighted by atomic mass is 32.2. The number of aromatic nitrogens is 1. The molecule has 2 heterocycles. The molecule has 1 aromatic heterocycles. The first-order valence-corrected chi connectivity index (χ1v) is 9.93. The fourth-order valence-electron chi connectivity index (χ4n) is 3.35. The molecule has 0 bridgehead atoms. The second-order valence-corrected chi connectivity index (χ2v) is 7.61. The van der Waals surface area contributed by atoms with Crippen LogP contribution in [-0.4, -0.2) is 34.6 Å². The monoisotopic (exact) mass is 394 g/mol. The average molecular weight is 394 g/mol. The highest BCUT2D eigenvalue weighted by Gasteiger charge is 2.37. The molecule has 144 valence electrons. The molecular weight excluding hydrogens is 373 g/mol. The summed E-state index contributed by atoms with van der Waals surface area (Å²) in [6.45, 7) is 2.79. The second-order valence-electron chi connectivity index (χ2n) is 6.53. The summed E-state index contributed by atoms with van der Waals surface area (Å²) in [5, 5.41) is 0.684. The normalized spacial score (nSPS) is 17.3. The molecule has 1 atom stereocenters. The highest BCUT2D eigenvalue weighted by molar-refractivity contribution is 7.99. The van der Waals surface area contributed by atoms with Crippen molar-refractivity contribution >= 4 is 17.7 Å². The van der Waals surface area contributed by atoms with Gasteiger partial charge >= 0.3 is 6.18 Å². The van der Waals surface area contributed by atoms with Crippen molar-refractivity contribution in [2.75, 3.05) is 18.8 Å². The maximum absolute atomic E-state index is 13.3. The van der Waals surface area contributed by atoms with E-state index < -0.39 is 11.7 Å². The summed E-state index contributed by atoms with van der Waals surface area (Å²) in [6, 6.07) is 9.11. The van der Waals surface area contributed by atoms with E-state index in [4.69, 9.17) is 0 Å². The van der Waals surface area contributed by atoms with E-state index in [2.05, 4.69) is 11.9 Å². The molecule has 1 aromatic carbocycles.